The van der Waals surface area contributed by atoms with Crippen molar-refractivity contribution in [1.29, 1.82) is 0 Å². The highest BCUT2D eigenvalue weighted by Gasteiger charge is 2.36. The molecule has 3 heteroatoms. The summed E-state index contributed by atoms with van der Waals surface area (Å²) in [7, 11) is 2.06. The van der Waals surface area contributed by atoms with E-state index in [9.17, 15) is 5.11 Å². The zero-order valence-corrected chi connectivity index (χ0v) is 13.6. The van der Waals surface area contributed by atoms with Gasteiger partial charge in [-0.05, 0) is 51.6 Å². The molecule has 0 aromatic rings. The SMILES string of the molecule is CCN(CC(C)(C)O)CC1(CNC)CCCC(C)C1. The van der Waals surface area contributed by atoms with E-state index in [1.54, 1.807) is 0 Å². The maximum atomic E-state index is 10.1. The summed E-state index contributed by atoms with van der Waals surface area (Å²) < 4.78 is 0. The van der Waals surface area contributed by atoms with E-state index < -0.39 is 5.60 Å². The number of aliphatic hydroxyl groups is 1. The monoisotopic (exact) mass is 270 g/mol. The van der Waals surface area contributed by atoms with Crippen LogP contribution in [0.2, 0.25) is 0 Å². The Labute approximate surface area is 119 Å². The Kier molecular flexibility index (Phi) is 6.28. The first-order valence-electron chi connectivity index (χ1n) is 7.89. The summed E-state index contributed by atoms with van der Waals surface area (Å²) in [5, 5.41) is 13.5. The van der Waals surface area contributed by atoms with E-state index in [0.717, 1.165) is 32.1 Å². The highest BCUT2D eigenvalue weighted by molar-refractivity contribution is 4.90. The smallest absolute Gasteiger partial charge is 0.0718 e. The van der Waals surface area contributed by atoms with Crippen LogP contribution in [0.3, 0.4) is 0 Å². The van der Waals surface area contributed by atoms with E-state index in [1.807, 2.05) is 13.8 Å². The lowest BCUT2D eigenvalue weighted by molar-refractivity contribution is 0.0102. The molecular weight excluding hydrogens is 236 g/mol. The Morgan fingerprint density at radius 2 is 2.11 bits per heavy atom. The molecule has 0 heterocycles. The Hall–Kier alpha value is -0.120. The first-order valence-corrected chi connectivity index (χ1v) is 7.89. The minimum Gasteiger partial charge on any atom is -0.389 e. The van der Waals surface area contributed by atoms with Gasteiger partial charge in [0.15, 0.2) is 0 Å². The largest absolute Gasteiger partial charge is 0.389 e. The van der Waals surface area contributed by atoms with Gasteiger partial charge in [-0.3, -0.25) is 0 Å². The number of rotatable bonds is 7. The van der Waals surface area contributed by atoms with Crippen molar-refractivity contribution in [3.05, 3.63) is 0 Å². The second kappa shape index (κ2) is 7.05. The standard InChI is InChI=1S/C16H34N2O/c1-6-18(12-15(3,4)19)13-16(11-17-5)9-7-8-14(2)10-16/h14,17,19H,6-13H2,1-5H3. The molecule has 2 N–H and O–H groups in total. The summed E-state index contributed by atoms with van der Waals surface area (Å²) in [6.07, 6.45) is 5.36. The van der Waals surface area contributed by atoms with Gasteiger partial charge in [-0.1, -0.05) is 26.7 Å². The molecule has 2 unspecified atom stereocenters. The topological polar surface area (TPSA) is 35.5 Å². The van der Waals surface area contributed by atoms with Crippen LogP contribution in [0.4, 0.5) is 0 Å². The molecule has 1 fully saturated rings. The van der Waals surface area contributed by atoms with E-state index in [1.165, 1.54) is 25.7 Å². The fourth-order valence-electron chi connectivity index (χ4n) is 3.80. The van der Waals surface area contributed by atoms with Gasteiger partial charge in [0.1, 0.15) is 0 Å². The van der Waals surface area contributed by atoms with Crippen LogP contribution in [0.5, 0.6) is 0 Å². The second-order valence-corrected chi connectivity index (χ2v) is 7.35. The van der Waals surface area contributed by atoms with Gasteiger partial charge in [0, 0.05) is 19.6 Å². The zero-order valence-electron chi connectivity index (χ0n) is 13.6. The number of hydrogen-bond acceptors (Lipinski definition) is 3. The molecule has 0 amide bonds. The number of nitrogens with zero attached hydrogens (tertiary/aromatic N) is 1. The number of likely N-dealkylation sites (N-methyl/N-ethyl adjacent to an activating group) is 1. The van der Waals surface area contributed by atoms with Gasteiger partial charge in [0.2, 0.25) is 0 Å². The second-order valence-electron chi connectivity index (χ2n) is 7.35. The summed E-state index contributed by atoms with van der Waals surface area (Å²) in [4.78, 5) is 2.43. The van der Waals surface area contributed by atoms with Crippen molar-refractivity contribution >= 4 is 0 Å². The molecule has 114 valence electrons. The summed E-state index contributed by atoms with van der Waals surface area (Å²) >= 11 is 0. The molecule has 0 aromatic heterocycles. The van der Waals surface area contributed by atoms with Crippen molar-refractivity contribution in [3.8, 4) is 0 Å². The van der Waals surface area contributed by atoms with E-state index in [-0.39, 0.29) is 0 Å². The van der Waals surface area contributed by atoms with Gasteiger partial charge in [-0.2, -0.15) is 0 Å². The number of nitrogens with one attached hydrogen (secondary N) is 1. The van der Waals surface area contributed by atoms with Crippen LogP contribution < -0.4 is 5.32 Å². The molecule has 0 saturated heterocycles. The van der Waals surface area contributed by atoms with E-state index >= 15 is 0 Å². The van der Waals surface area contributed by atoms with Gasteiger partial charge in [-0.25, -0.2) is 0 Å². The summed E-state index contributed by atoms with van der Waals surface area (Å²) in [6.45, 7) is 12.4. The van der Waals surface area contributed by atoms with Crippen LogP contribution in [0.25, 0.3) is 0 Å². The molecule has 0 radical (unpaired) electrons. The van der Waals surface area contributed by atoms with Crippen LogP contribution in [-0.2, 0) is 0 Å². The average Bonchev–Trinajstić information content (AvgIpc) is 2.26. The van der Waals surface area contributed by atoms with Crippen LogP contribution in [0, 0.1) is 11.3 Å². The zero-order chi connectivity index (χ0) is 14.5. The minimum atomic E-state index is -0.600. The Morgan fingerprint density at radius 3 is 2.58 bits per heavy atom. The molecule has 0 aliphatic heterocycles. The normalized spacial score (nSPS) is 28.9. The lowest BCUT2D eigenvalue weighted by Crippen LogP contribution is -2.49. The predicted molar refractivity (Wildman–Crippen MR) is 82.4 cm³/mol. The van der Waals surface area contributed by atoms with Crippen LogP contribution >= 0.6 is 0 Å². The highest BCUT2D eigenvalue weighted by Crippen LogP contribution is 2.39. The molecule has 0 aromatic carbocycles. The molecule has 1 saturated carbocycles. The van der Waals surface area contributed by atoms with Crippen molar-refractivity contribution in [1.82, 2.24) is 10.2 Å². The minimum absolute atomic E-state index is 0.397. The van der Waals surface area contributed by atoms with Crippen molar-refractivity contribution in [3.63, 3.8) is 0 Å². The van der Waals surface area contributed by atoms with E-state index in [4.69, 9.17) is 0 Å². The van der Waals surface area contributed by atoms with Crippen molar-refractivity contribution in [2.24, 2.45) is 11.3 Å². The van der Waals surface area contributed by atoms with Gasteiger partial charge < -0.3 is 15.3 Å². The highest BCUT2D eigenvalue weighted by atomic mass is 16.3. The maximum absolute atomic E-state index is 10.1. The molecule has 2 atom stereocenters. The van der Waals surface area contributed by atoms with Crippen molar-refractivity contribution in [2.75, 3.05) is 33.2 Å². The molecule has 1 aliphatic rings. The Morgan fingerprint density at radius 1 is 1.42 bits per heavy atom. The third-order valence-electron chi connectivity index (χ3n) is 4.35. The first kappa shape index (κ1) is 16.9. The van der Waals surface area contributed by atoms with E-state index in [0.29, 0.717) is 5.41 Å². The first-order chi connectivity index (χ1) is 8.80. The summed E-state index contributed by atoms with van der Waals surface area (Å²) in [5.41, 5.74) is -0.204. The summed E-state index contributed by atoms with van der Waals surface area (Å²) in [6, 6.07) is 0. The summed E-state index contributed by atoms with van der Waals surface area (Å²) in [5.74, 6) is 0.836. The molecule has 1 aliphatic carbocycles. The maximum Gasteiger partial charge on any atom is 0.0718 e. The third kappa shape index (κ3) is 5.80. The molecule has 0 bridgehead atoms. The lowest BCUT2D eigenvalue weighted by atomic mass is 9.69. The lowest BCUT2D eigenvalue weighted by Gasteiger charge is -2.44. The fraction of sp³-hybridized carbons (Fsp3) is 1.00. The Bertz CT molecular complexity index is 258. The molecule has 19 heavy (non-hydrogen) atoms. The van der Waals surface area contributed by atoms with E-state index in [2.05, 4.69) is 31.1 Å². The predicted octanol–water partition coefficient (Wildman–Crippen LogP) is 2.50. The average molecular weight is 270 g/mol. The van der Waals surface area contributed by atoms with Gasteiger partial charge >= 0.3 is 0 Å². The molecule has 0 spiro atoms. The Balaban J connectivity index is 2.70. The van der Waals surface area contributed by atoms with Gasteiger partial charge in [-0.15, -0.1) is 0 Å². The number of hydrogen-bond donors (Lipinski definition) is 2. The molecule has 1 rings (SSSR count). The molecular formula is C16H34N2O. The third-order valence-corrected chi connectivity index (χ3v) is 4.35. The van der Waals surface area contributed by atoms with Crippen LogP contribution in [-0.4, -0.2) is 48.8 Å². The molecule has 3 nitrogen and oxygen atoms in total. The van der Waals surface area contributed by atoms with Gasteiger partial charge in [0.25, 0.3) is 0 Å². The van der Waals surface area contributed by atoms with Gasteiger partial charge in [0.05, 0.1) is 5.60 Å². The fourth-order valence-corrected chi connectivity index (χ4v) is 3.80. The van der Waals surface area contributed by atoms with Crippen molar-refractivity contribution < 1.29 is 5.11 Å². The van der Waals surface area contributed by atoms with Crippen LogP contribution in [0.1, 0.15) is 53.4 Å². The quantitative estimate of drug-likeness (QED) is 0.746. The van der Waals surface area contributed by atoms with Crippen molar-refractivity contribution in [2.45, 2.75) is 59.0 Å². The van der Waals surface area contributed by atoms with Crippen LogP contribution in [0.15, 0.2) is 0 Å².